The molecule has 0 aliphatic heterocycles. The van der Waals surface area contributed by atoms with Crippen LogP contribution >= 0.6 is 37.2 Å². The van der Waals surface area contributed by atoms with Gasteiger partial charge in [-0.3, -0.25) is 0 Å². The molecule has 1 aromatic heterocycles. The Balaban J connectivity index is 2.32. The van der Waals surface area contributed by atoms with Crippen molar-refractivity contribution in [2.24, 2.45) is 0 Å². The number of rotatable bonds is 8. The highest BCUT2D eigenvalue weighted by molar-refractivity contribution is 7.75. The summed E-state index contributed by atoms with van der Waals surface area (Å²) in [6.07, 6.45) is 4.19. The summed E-state index contributed by atoms with van der Waals surface area (Å²) in [4.78, 5) is 0. The molecule has 0 saturated heterocycles. The van der Waals surface area contributed by atoms with Gasteiger partial charge in [0, 0.05) is 0 Å². The molecule has 0 atom stereocenters. The summed E-state index contributed by atoms with van der Waals surface area (Å²) in [7, 11) is 0. The van der Waals surface area contributed by atoms with Gasteiger partial charge in [0.25, 0.3) is 0 Å². The smallest absolute Gasteiger partial charge is 0.0613 e. The summed E-state index contributed by atoms with van der Waals surface area (Å²) in [5.74, 6) is 0. The van der Waals surface area contributed by atoms with Crippen molar-refractivity contribution >= 4 is 37.2 Å². The van der Waals surface area contributed by atoms with Gasteiger partial charge < -0.3 is 8.37 Å². The summed E-state index contributed by atoms with van der Waals surface area (Å²) in [6.45, 7) is 1.41. The molecule has 0 amide bonds. The highest BCUT2D eigenvalue weighted by atomic mass is 32.1. The van der Waals surface area contributed by atoms with Crippen LogP contribution in [0.2, 0.25) is 0 Å². The van der Waals surface area contributed by atoms with Crippen LogP contribution in [0.3, 0.4) is 0 Å². The van der Waals surface area contributed by atoms with Crippen LogP contribution in [0, 0.1) is 0 Å². The summed E-state index contributed by atoms with van der Waals surface area (Å²) >= 11 is 9.21. The molecule has 86 valence electrons. The van der Waals surface area contributed by atoms with Crippen LogP contribution < -0.4 is 0 Å². The fourth-order valence-corrected chi connectivity index (χ4v) is 2.64. The van der Waals surface area contributed by atoms with E-state index in [4.69, 9.17) is 8.37 Å². The molecule has 0 fully saturated rings. The quantitative estimate of drug-likeness (QED) is 0.426. The molecular formula is C10H16O2S3. The van der Waals surface area contributed by atoms with E-state index in [-0.39, 0.29) is 0 Å². The lowest BCUT2D eigenvalue weighted by molar-refractivity contribution is 0.369. The van der Waals surface area contributed by atoms with Gasteiger partial charge in [0.2, 0.25) is 0 Å². The standard InChI is InChI=1S/C10H16O2S3/c13-11-5-1-3-9-7-15-8-10(9)4-2-6-12-14/h7-8,13-14H,1-6H2. The Morgan fingerprint density at radius 2 is 1.40 bits per heavy atom. The average Bonchev–Trinajstić information content (AvgIpc) is 2.67. The first kappa shape index (κ1) is 13.4. The number of aryl methyl sites for hydroxylation is 2. The van der Waals surface area contributed by atoms with E-state index in [0.29, 0.717) is 13.2 Å². The molecule has 1 aromatic rings. The van der Waals surface area contributed by atoms with Crippen LogP contribution in [-0.4, -0.2) is 13.2 Å². The number of thiol groups is 2. The van der Waals surface area contributed by atoms with Gasteiger partial charge in [0.15, 0.2) is 0 Å². The molecule has 0 aliphatic carbocycles. The second-order valence-corrected chi connectivity index (χ2v) is 4.56. The van der Waals surface area contributed by atoms with Crippen molar-refractivity contribution in [3.05, 3.63) is 21.9 Å². The van der Waals surface area contributed by atoms with Crippen molar-refractivity contribution in [3.8, 4) is 0 Å². The van der Waals surface area contributed by atoms with Crippen LogP contribution in [-0.2, 0) is 21.2 Å². The molecular weight excluding hydrogens is 248 g/mol. The predicted octanol–water partition coefficient (Wildman–Crippen LogP) is 3.34. The van der Waals surface area contributed by atoms with Gasteiger partial charge in [-0.05, 0) is 73.4 Å². The Hall–Kier alpha value is 0.320. The fraction of sp³-hybridized carbons (Fsp3) is 0.600. The maximum atomic E-state index is 4.75. The Kier molecular flexibility index (Phi) is 7.56. The van der Waals surface area contributed by atoms with E-state index in [0.717, 1.165) is 25.7 Å². The Bertz CT molecular complexity index is 238. The van der Waals surface area contributed by atoms with Gasteiger partial charge in [-0.15, -0.1) is 0 Å². The van der Waals surface area contributed by atoms with E-state index in [9.17, 15) is 0 Å². The zero-order valence-corrected chi connectivity index (χ0v) is 11.1. The molecule has 0 aromatic carbocycles. The Morgan fingerprint density at radius 3 is 1.80 bits per heavy atom. The number of thiophene rings is 1. The first-order valence-corrected chi connectivity index (χ1v) is 6.62. The third-order valence-electron chi connectivity index (χ3n) is 2.20. The van der Waals surface area contributed by atoms with Gasteiger partial charge in [0.1, 0.15) is 0 Å². The van der Waals surface area contributed by atoms with E-state index in [1.165, 1.54) is 11.1 Å². The second kappa shape index (κ2) is 8.47. The lowest BCUT2D eigenvalue weighted by atomic mass is 10.1. The van der Waals surface area contributed by atoms with Gasteiger partial charge >= 0.3 is 0 Å². The van der Waals surface area contributed by atoms with Crippen molar-refractivity contribution < 1.29 is 8.37 Å². The van der Waals surface area contributed by atoms with Crippen LogP contribution in [0.5, 0.6) is 0 Å². The molecule has 1 heterocycles. The lowest BCUT2D eigenvalue weighted by Gasteiger charge is -2.03. The summed E-state index contributed by atoms with van der Waals surface area (Å²) in [5, 5.41) is 4.44. The van der Waals surface area contributed by atoms with E-state index in [2.05, 4.69) is 36.6 Å². The highest BCUT2D eigenvalue weighted by Gasteiger charge is 2.03. The maximum absolute atomic E-state index is 4.75. The van der Waals surface area contributed by atoms with Crippen molar-refractivity contribution in [3.63, 3.8) is 0 Å². The molecule has 0 radical (unpaired) electrons. The second-order valence-electron chi connectivity index (χ2n) is 3.30. The molecule has 0 N–H and O–H groups in total. The summed E-state index contributed by atoms with van der Waals surface area (Å²) in [5.41, 5.74) is 2.87. The minimum Gasteiger partial charge on any atom is -0.318 e. The van der Waals surface area contributed by atoms with Gasteiger partial charge in [-0.1, -0.05) is 0 Å². The first-order valence-electron chi connectivity index (χ1n) is 4.95. The Morgan fingerprint density at radius 1 is 0.933 bits per heavy atom. The van der Waals surface area contributed by atoms with E-state index in [1.54, 1.807) is 11.3 Å². The van der Waals surface area contributed by atoms with Crippen molar-refractivity contribution in [1.29, 1.82) is 0 Å². The molecule has 0 bridgehead atoms. The van der Waals surface area contributed by atoms with E-state index >= 15 is 0 Å². The third kappa shape index (κ3) is 5.26. The highest BCUT2D eigenvalue weighted by Crippen LogP contribution is 2.18. The molecule has 1 rings (SSSR count). The minimum atomic E-state index is 0.706. The molecule has 0 spiro atoms. The lowest BCUT2D eigenvalue weighted by Crippen LogP contribution is -1.95. The van der Waals surface area contributed by atoms with Crippen molar-refractivity contribution in [2.45, 2.75) is 25.7 Å². The molecule has 0 aliphatic rings. The van der Waals surface area contributed by atoms with Crippen LogP contribution in [0.4, 0.5) is 0 Å². The number of hydrogen-bond donors (Lipinski definition) is 2. The van der Waals surface area contributed by atoms with Crippen molar-refractivity contribution in [1.82, 2.24) is 0 Å². The van der Waals surface area contributed by atoms with Crippen molar-refractivity contribution in [2.75, 3.05) is 13.2 Å². The zero-order valence-electron chi connectivity index (χ0n) is 8.52. The maximum Gasteiger partial charge on any atom is 0.0613 e. The summed E-state index contributed by atoms with van der Waals surface area (Å²) < 4.78 is 9.49. The largest absolute Gasteiger partial charge is 0.318 e. The number of hydrogen-bond acceptors (Lipinski definition) is 5. The van der Waals surface area contributed by atoms with Gasteiger partial charge in [0.05, 0.1) is 13.2 Å². The van der Waals surface area contributed by atoms with Gasteiger partial charge in [-0.25, -0.2) is 0 Å². The zero-order chi connectivity index (χ0) is 10.9. The third-order valence-corrected chi connectivity index (χ3v) is 3.40. The molecule has 15 heavy (non-hydrogen) atoms. The van der Waals surface area contributed by atoms with Crippen LogP contribution in [0.15, 0.2) is 10.8 Å². The topological polar surface area (TPSA) is 18.5 Å². The fourth-order valence-electron chi connectivity index (χ4n) is 1.44. The molecule has 2 nitrogen and oxygen atoms in total. The average molecular weight is 264 g/mol. The first-order chi connectivity index (χ1) is 7.38. The van der Waals surface area contributed by atoms with Crippen LogP contribution in [0.1, 0.15) is 24.0 Å². The van der Waals surface area contributed by atoms with E-state index < -0.39 is 0 Å². The SMILES string of the molecule is SOCCCc1cscc1CCCOS. The molecule has 5 heteroatoms. The minimum absolute atomic E-state index is 0.706. The van der Waals surface area contributed by atoms with Gasteiger partial charge in [-0.2, -0.15) is 11.3 Å². The van der Waals surface area contributed by atoms with E-state index in [1.807, 2.05) is 0 Å². The monoisotopic (exact) mass is 264 g/mol. The normalized spacial score (nSPS) is 10.8. The summed E-state index contributed by atoms with van der Waals surface area (Å²) in [6, 6.07) is 0. The van der Waals surface area contributed by atoms with Crippen LogP contribution in [0.25, 0.3) is 0 Å². The Labute approximate surface area is 106 Å². The molecule has 0 unspecified atom stereocenters. The predicted molar refractivity (Wildman–Crippen MR) is 70.8 cm³/mol. The molecule has 0 saturated carbocycles.